The number of nitrogens with zero attached hydrogens (tertiary/aromatic N) is 4. The molecule has 0 bridgehead atoms. The van der Waals surface area contributed by atoms with Gasteiger partial charge in [0.05, 0.1) is 11.0 Å². The molecule has 3 aromatic heterocycles. The van der Waals surface area contributed by atoms with Crippen molar-refractivity contribution in [1.29, 1.82) is 0 Å². The lowest BCUT2D eigenvalue weighted by molar-refractivity contribution is 0.953. The van der Waals surface area contributed by atoms with Crippen LogP contribution in [0.2, 0.25) is 0 Å². The first-order valence-corrected chi connectivity index (χ1v) is 6.59. The molecule has 0 spiro atoms. The minimum Gasteiger partial charge on any atom is -0.326 e. The molecule has 0 N–H and O–H groups in total. The van der Waals surface area contributed by atoms with Crippen molar-refractivity contribution < 1.29 is 0 Å². The number of fused-ring (bicyclic) bond motifs is 2. The molecule has 3 heterocycles. The van der Waals surface area contributed by atoms with Crippen molar-refractivity contribution in [3.63, 3.8) is 0 Å². The fourth-order valence-electron chi connectivity index (χ4n) is 2.59. The van der Waals surface area contributed by atoms with Gasteiger partial charge >= 0.3 is 0 Å². The number of para-hydroxylation sites is 2. The molecule has 0 radical (unpaired) electrons. The lowest BCUT2D eigenvalue weighted by Gasteiger charge is -1.97. The molecule has 0 unspecified atom stereocenters. The van der Waals surface area contributed by atoms with Crippen LogP contribution in [0.1, 0.15) is 5.56 Å². The smallest absolute Gasteiger partial charge is 0.161 e. The minimum absolute atomic E-state index is 0.896. The Morgan fingerprint density at radius 1 is 0.950 bits per heavy atom. The highest BCUT2D eigenvalue weighted by Gasteiger charge is 2.12. The maximum Gasteiger partial charge on any atom is 0.161 e. The van der Waals surface area contributed by atoms with E-state index in [9.17, 15) is 0 Å². The van der Waals surface area contributed by atoms with Gasteiger partial charge in [-0.1, -0.05) is 18.2 Å². The van der Waals surface area contributed by atoms with Crippen molar-refractivity contribution in [2.75, 3.05) is 0 Å². The zero-order chi connectivity index (χ0) is 13.7. The fourth-order valence-corrected chi connectivity index (χ4v) is 2.59. The number of hydrogen-bond donors (Lipinski definition) is 0. The van der Waals surface area contributed by atoms with E-state index in [0.29, 0.717) is 0 Å². The van der Waals surface area contributed by atoms with E-state index in [4.69, 9.17) is 0 Å². The van der Waals surface area contributed by atoms with Crippen molar-refractivity contribution >= 4 is 16.7 Å². The molecule has 0 aliphatic heterocycles. The summed E-state index contributed by atoms with van der Waals surface area (Å²) in [4.78, 5) is 9.35. The maximum absolute atomic E-state index is 4.69. The van der Waals surface area contributed by atoms with Gasteiger partial charge in [-0.2, -0.15) is 0 Å². The van der Waals surface area contributed by atoms with Crippen LogP contribution in [0.5, 0.6) is 0 Å². The second kappa shape index (κ2) is 3.93. The molecule has 4 heteroatoms. The van der Waals surface area contributed by atoms with Crippen LogP contribution in [-0.2, 0) is 7.05 Å². The van der Waals surface area contributed by atoms with E-state index in [0.717, 1.165) is 28.2 Å². The lowest BCUT2D eigenvalue weighted by atomic mass is 10.3. The van der Waals surface area contributed by atoms with Gasteiger partial charge in [-0.3, -0.25) is 0 Å². The largest absolute Gasteiger partial charge is 0.326 e. The fraction of sp³-hybridized carbons (Fsp3) is 0.125. The van der Waals surface area contributed by atoms with Crippen molar-refractivity contribution in [3.8, 4) is 11.5 Å². The summed E-state index contributed by atoms with van der Waals surface area (Å²) in [7, 11) is 2.03. The van der Waals surface area contributed by atoms with Crippen molar-refractivity contribution in [1.82, 2.24) is 18.9 Å². The van der Waals surface area contributed by atoms with Crippen LogP contribution < -0.4 is 0 Å². The zero-order valence-corrected chi connectivity index (χ0v) is 11.4. The summed E-state index contributed by atoms with van der Waals surface area (Å²) in [5, 5.41) is 0. The summed E-state index contributed by atoms with van der Waals surface area (Å²) >= 11 is 0. The van der Waals surface area contributed by atoms with Gasteiger partial charge in [0.2, 0.25) is 0 Å². The molecule has 0 saturated heterocycles. The lowest BCUT2D eigenvalue weighted by Crippen LogP contribution is -1.92. The van der Waals surface area contributed by atoms with Gasteiger partial charge in [-0.05, 0) is 30.7 Å². The second-order valence-electron chi connectivity index (χ2n) is 5.08. The molecule has 0 aliphatic rings. The topological polar surface area (TPSA) is 35.1 Å². The Balaban J connectivity index is 1.98. The van der Waals surface area contributed by atoms with E-state index < -0.39 is 0 Å². The summed E-state index contributed by atoms with van der Waals surface area (Å²) in [5.74, 6) is 0.896. The second-order valence-corrected chi connectivity index (χ2v) is 5.08. The van der Waals surface area contributed by atoms with Crippen molar-refractivity contribution in [2.24, 2.45) is 7.05 Å². The summed E-state index contributed by atoms with van der Waals surface area (Å²) in [5.41, 5.74) is 5.17. The molecule has 1 aromatic carbocycles. The van der Waals surface area contributed by atoms with Gasteiger partial charge < -0.3 is 8.97 Å². The highest BCUT2D eigenvalue weighted by molar-refractivity contribution is 5.80. The van der Waals surface area contributed by atoms with Crippen LogP contribution in [-0.4, -0.2) is 18.9 Å². The Bertz CT molecular complexity index is 930. The third-order valence-corrected chi connectivity index (χ3v) is 3.62. The number of aromatic nitrogens is 4. The molecule has 0 atom stereocenters. The first-order valence-electron chi connectivity index (χ1n) is 6.59. The number of imidazole rings is 2. The summed E-state index contributed by atoms with van der Waals surface area (Å²) < 4.78 is 4.13. The molecule has 4 nitrogen and oxygen atoms in total. The number of aryl methyl sites for hydroxylation is 2. The van der Waals surface area contributed by atoms with Gasteiger partial charge in [-0.25, -0.2) is 9.97 Å². The summed E-state index contributed by atoms with van der Waals surface area (Å²) in [6.07, 6.45) is 4.11. The van der Waals surface area contributed by atoms with Crippen LogP contribution >= 0.6 is 0 Å². The molecule has 20 heavy (non-hydrogen) atoms. The number of benzene rings is 1. The molecule has 4 aromatic rings. The normalized spacial score (nSPS) is 11.5. The molecule has 0 saturated carbocycles. The Hall–Kier alpha value is -2.62. The average Bonchev–Trinajstić information content (AvgIpc) is 3.00. The van der Waals surface area contributed by atoms with Crippen molar-refractivity contribution in [3.05, 3.63) is 54.4 Å². The molecule has 0 amide bonds. The van der Waals surface area contributed by atoms with E-state index in [1.165, 1.54) is 5.56 Å². The van der Waals surface area contributed by atoms with Crippen LogP contribution in [0.4, 0.5) is 0 Å². The molecule has 0 aliphatic carbocycles. The van der Waals surface area contributed by atoms with E-state index in [1.54, 1.807) is 0 Å². The molecule has 4 rings (SSSR count). The molecule has 0 fully saturated rings. The number of hydrogen-bond acceptors (Lipinski definition) is 2. The SMILES string of the molecule is Cc1ccc2nc(-c3nc4ccccc4n3C)cn2c1. The third-order valence-electron chi connectivity index (χ3n) is 3.62. The first kappa shape index (κ1) is 11.2. The Morgan fingerprint density at radius 3 is 2.65 bits per heavy atom. The predicted octanol–water partition coefficient (Wildman–Crippen LogP) is 3.20. The van der Waals surface area contributed by atoms with Gasteiger partial charge in [0.1, 0.15) is 11.3 Å². The summed E-state index contributed by atoms with van der Waals surface area (Å²) in [6, 6.07) is 12.2. The predicted molar refractivity (Wildman–Crippen MR) is 79.6 cm³/mol. The van der Waals surface area contributed by atoms with Crippen molar-refractivity contribution in [2.45, 2.75) is 6.92 Å². The Kier molecular flexibility index (Phi) is 2.21. The van der Waals surface area contributed by atoms with Crippen LogP contribution in [0.3, 0.4) is 0 Å². The summed E-state index contributed by atoms with van der Waals surface area (Å²) in [6.45, 7) is 2.08. The zero-order valence-electron chi connectivity index (χ0n) is 11.4. The van der Waals surface area contributed by atoms with E-state index in [2.05, 4.69) is 39.8 Å². The number of rotatable bonds is 1. The van der Waals surface area contributed by atoms with Crippen LogP contribution in [0, 0.1) is 6.92 Å². The van der Waals surface area contributed by atoms with E-state index in [-0.39, 0.29) is 0 Å². The standard InChI is InChI=1S/C16H14N4/c1-11-7-8-15-17-13(10-20(15)9-11)16-18-12-5-3-4-6-14(12)19(16)2/h3-10H,1-2H3. The Labute approximate surface area is 116 Å². The minimum atomic E-state index is 0.896. The highest BCUT2D eigenvalue weighted by atomic mass is 15.1. The quantitative estimate of drug-likeness (QED) is 0.528. The highest BCUT2D eigenvalue weighted by Crippen LogP contribution is 2.23. The molecular weight excluding hydrogens is 248 g/mol. The first-order chi connectivity index (χ1) is 9.72. The van der Waals surface area contributed by atoms with Gasteiger partial charge in [-0.15, -0.1) is 0 Å². The van der Waals surface area contributed by atoms with E-state index >= 15 is 0 Å². The monoisotopic (exact) mass is 262 g/mol. The van der Waals surface area contributed by atoms with Gasteiger partial charge in [0.15, 0.2) is 5.82 Å². The third kappa shape index (κ3) is 1.54. The average molecular weight is 262 g/mol. The maximum atomic E-state index is 4.69. The van der Waals surface area contributed by atoms with Crippen LogP contribution in [0.25, 0.3) is 28.2 Å². The molecular formula is C16H14N4. The molecule has 98 valence electrons. The Morgan fingerprint density at radius 2 is 1.80 bits per heavy atom. The van der Waals surface area contributed by atoms with E-state index in [1.807, 2.05) is 41.9 Å². The van der Waals surface area contributed by atoms with Gasteiger partial charge in [0, 0.05) is 19.4 Å². The van der Waals surface area contributed by atoms with Gasteiger partial charge in [0.25, 0.3) is 0 Å². The van der Waals surface area contributed by atoms with Crippen LogP contribution in [0.15, 0.2) is 48.8 Å². The number of pyridine rings is 1.